The summed E-state index contributed by atoms with van der Waals surface area (Å²) in [7, 11) is -3.70. The molecule has 6 nitrogen and oxygen atoms in total. The number of hydrazone groups is 1. The van der Waals surface area contributed by atoms with Crippen LogP contribution in [0.1, 0.15) is 12.8 Å². The van der Waals surface area contributed by atoms with Gasteiger partial charge in [-0.15, -0.1) is 0 Å². The Morgan fingerprint density at radius 3 is 2.50 bits per heavy atom. The van der Waals surface area contributed by atoms with Crippen LogP contribution in [-0.2, 0) is 10.0 Å². The highest BCUT2D eigenvalue weighted by Gasteiger charge is 2.13. The van der Waals surface area contributed by atoms with E-state index in [9.17, 15) is 8.42 Å². The van der Waals surface area contributed by atoms with Crippen LogP contribution in [0.2, 0.25) is 0 Å². The van der Waals surface area contributed by atoms with Gasteiger partial charge >= 0.3 is 0 Å². The van der Waals surface area contributed by atoms with Gasteiger partial charge in [0.15, 0.2) is 5.58 Å². The van der Waals surface area contributed by atoms with E-state index in [-0.39, 0.29) is 10.8 Å². The first kappa shape index (κ1) is 14.3. The summed E-state index contributed by atoms with van der Waals surface area (Å²) in [5.74, 6) is 0.275. The van der Waals surface area contributed by atoms with Crippen molar-refractivity contribution in [1.82, 2.24) is 9.82 Å². The van der Waals surface area contributed by atoms with Gasteiger partial charge in [0.25, 0.3) is 10.0 Å². The number of rotatable bonds is 4. The number of nitrogens with one attached hydrogen (secondary N) is 1. The van der Waals surface area contributed by atoms with Gasteiger partial charge in [-0.05, 0) is 31.2 Å². The quantitative estimate of drug-likeness (QED) is 0.592. The third-order valence-corrected chi connectivity index (χ3v) is 4.21. The number of fused-ring (bicyclic) bond motifs is 1. The van der Waals surface area contributed by atoms with Crippen molar-refractivity contribution in [1.29, 1.82) is 0 Å². The molecule has 0 amide bonds. The van der Waals surface area contributed by atoms with Crippen LogP contribution < -0.4 is 4.83 Å². The molecule has 3 aromatic rings. The van der Waals surface area contributed by atoms with E-state index in [4.69, 9.17) is 4.42 Å². The summed E-state index contributed by atoms with van der Waals surface area (Å²) >= 11 is 0. The molecule has 0 unspecified atom stereocenters. The summed E-state index contributed by atoms with van der Waals surface area (Å²) in [6.45, 7) is 1.62. The van der Waals surface area contributed by atoms with Crippen LogP contribution in [0.5, 0.6) is 0 Å². The molecule has 1 heterocycles. The topological polar surface area (TPSA) is 84.6 Å². The van der Waals surface area contributed by atoms with Gasteiger partial charge < -0.3 is 4.42 Å². The molecule has 0 atom stereocenters. The fourth-order valence-electron chi connectivity index (χ4n) is 1.86. The summed E-state index contributed by atoms with van der Waals surface area (Å²) in [5, 5.41) is 3.86. The number of benzene rings is 2. The van der Waals surface area contributed by atoms with Crippen LogP contribution in [0.15, 0.2) is 69.0 Å². The molecule has 0 aliphatic rings. The first-order valence-electron chi connectivity index (χ1n) is 6.53. The Labute approximate surface area is 127 Å². The highest BCUT2D eigenvalue weighted by Crippen LogP contribution is 2.15. The first-order valence-corrected chi connectivity index (χ1v) is 8.02. The second-order valence-electron chi connectivity index (χ2n) is 4.59. The Balaban J connectivity index is 1.86. The normalized spacial score (nSPS) is 12.5. The maximum Gasteiger partial charge on any atom is 0.276 e. The zero-order valence-corrected chi connectivity index (χ0v) is 12.5. The van der Waals surface area contributed by atoms with Crippen LogP contribution in [-0.4, -0.2) is 19.1 Å². The van der Waals surface area contributed by atoms with Gasteiger partial charge in [-0.2, -0.15) is 18.4 Å². The van der Waals surface area contributed by atoms with E-state index in [1.807, 2.05) is 18.2 Å². The van der Waals surface area contributed by atoms with Crippen molar-refractivity contribution in [2.75, 3.05) is 0 Å². The molecule has 1 N–H and O–H groups in total. The Morgan fingerprint density at radius 1 is 1.09 bits per heavy atom. The van der Waals surface area contributed by atoms with Gasteiger partial charge in [-0.25, -0.2) is 4.98 Å². The molecule has 0 radical (unpaired) electrons. The largest absolute Gasteiger partial charge is 0.435 e. The van der Waals surface area contributed by atoms with Crippen LogP contribution in [0.4, 0.5) is 0 Å². The minimum Gasteiger partial charge on any atom is -0.435 e. The fourth-order valence-corrected chi connectivity index (χ4v) is 2.73. The third-order valence-electron chi connectivity index (χ3n) is 2.99. The maximum absolute atomic E-state index is 12.1. The molecule has 2 aromatic carbocycles. The van der Waals surface area contributed by atoms with Crippen molar-refractivity contribution >= 4 is 26.8 Å². The Morgan fingerprint density at radius 2 is 1.77 bits per heavy atom. The van der Waals surface area contributed by atoms with E-state index in [1.54, 1.807) is 31.2 Å². The fraction of sp³-hybridized carbons (Fsp3) is 0.0667. The zero-order valence-electron chi connectivity index (χ0n) is 11.7. The molecule has 0 saturated heterocycles. The molecule has 1 aromatic heterocycles. The van der Waals surface area contributed by atoms with Crippen molar-refractivity contribution in [3.63, 3.8) is 0 Å². The smallest absolute Gasteiger partial charge is 0.276 e. The van der Waals surface area contributed by atoms with Gasteiger partial charge in [-0.1, -0.05) is 30.3 Å². The number of hydrogen-bond donors (Lipinski definition) is 1. The second-order valence-corrected chi connectivity index (χ2v) is 6.25. The number of oxazole rings is 1. The molecule has 0 bridgehead atoms. The van der Waals surface area contributed by atoms with E-state index in [1.165, 1.54) is 12.1 Å². The van der Waals surface area contributed by atoms with Gasteiger partial charge in [-0.3, -0.25) is 0 Å². The van der Waals surface area contributed by atoms with Crippen molar-refractivity contribution in [3.8, 4) is 0 Å². The number of hydrogen-bond acceptors (Lipinski definition) is 5. The molecular formula is C15H13N3O3S. The van der Waals surface area contributed by atoms with E-state index in [0.29, 0.717) is 16.8 Å². The lowest BCUT2D eigenvalue weighted by atomic mass is 10.3. The maximum atomic E-state index is 12.1. The number of aromatic nitrogens is 1. The second kappa shape index (κ2) is 5.61. The molecular weight excluding hydrogens is 302 g/mol. The van der Waals surface area contributed by atoms with Crippen molar-refractivity contribution in [2.45, 2.75) is 11.8 Å². The summed E-state index contributed by atoms with van der Waals surface area (Å²) in [5.41, 5.74) is 1.66. The SMILES string of the molecule is C/C(=N\NS(=O)(=O)c1ccccc1)c1nc2ccccc2o1. The molecule has 7 heteroatoms. The average Bonchev–Trinajstić information content (AvgIpc) is 2.98. The average molecular weight is 315 g/mol. The van der Waals surface area contributed by atoms with Gasteiger partial charge in [0.05, 0.1) is 4.90 Å². The zero-order chi connectivity index (χ0) is 15.6. The Kier molecular flexibility index (Phi) is 3.64. The summed E-state index contributed by atoms with van der Waals surface area (Å²) in [6, 6.07) is 15.3. The predicted octanol–water partition coefficient (Wildman–Crippen LogP) is 2.53. The summed E-state index contributed by atoms with van der Waals surface area (Å²) in [6.07, 6.45) is 0. The van der Waals surface area contributed by atoms with E-state index < -0.39 is 10.0 Å². The lowest BCUT2D eigenvalue weighted by Crippen LogP contribution is -2.19. The minimum absolute atomic E-state index is 0.143. The third kappa shape index (κ3) is 2.84. The molecule has 0 saturated carbocycles. The lowest BCUT2D eigenvalue weighted by molar-refractivity contribution is 0.581. The molecule has 0 aliphatic heterocycles. The molecule has 22 heavy (non-hydrogen) atoms. The number of para-hydroxylation sites is 2. The van der Waals surface area contributed by atoms with Gasteiger partial charge in [0, 0.05) is 0 Å². The van der Waals surface area contributed by atoms with Gasteiger partial charge in [0.2, 0.25) is 5.89 Å². The highest BCUT2D eigenvalue weighted by atomic mass is 32.2. The molecule has 112 valence electrons. The predicted molar refractivity (Wildman–Crippen MR) is 83.0 cm³/mol. The van der Waals surface area contributed by atoms with Crippen LogP contribution in [0, 0.1) is 0 Å². The van der Waals surface area contributed by atoms with E-state index >= 15 is 0 Å². The van der Waals surface area contributed by atoms with Crippen LogP contribution >= 0.6 is 0 Å². The lowest BCUT2D eigenvalue weighted by Gasteiger charge is -2.03. The van der Waals surface area contributed by atoms with E-state index in [0.717, 1.165) is 0 Å². The van der Waals surface area contributed by atoms with Crippen molar-refractivity contribution < 1.29 is 12.8 Å². The standard InChI is InChI=1S/C15H13N3O3S/c1-11(15-16-13-9-5-6-10-14(13)21-15)17-18-22(19,20)12-7-3-2-4-8-12/h2-10,18H,1H3/b17-11+. The Hall–Kier alpha value is -2.67. The van der Waals surface area contributed by atoms with Crippen LogP contribution in [0.3, 0.4) is 0 Å². The number of sulfonamides is 1. The van der Waals surface area contributed by atoms with Gasteiger partial charge in [0.1, 0.15) is 11.2 Å². The van der Waals surface area contributed by atoms with Crippen LogP contribution in [0.25, 0.3) is 11.1 Å². The molecule has 0 spiro atoms. The number of nitrogens with zero attached hydrogens (tertiary/aromatic N) is 2. The van der Waals surface area contributed by atoms with Crippen molar-refractivity contribution in [2.24, 2.45) is 5.10 Å². The summed E-state index contributed by atoms with van der Waals surface area (Å²) < 4.78 is 29.7. The highest BCUT2D eigenvalue weighted by molar-refractivity contribution is 7.89. The summed E-state index contributed by atoms with van der Waals surface area (Å²) in [4.78, 5) is 6.57. The molecule has 0 aliphatic carbocycles. The monoisotopic (exact) mass is 315 g/mol. The Bertz CT molecular complexity index is 898. The molecule has 0 fully saturated rings. The molecule has 3 rings (SSSR count). The minimum atomic E-state index is -3.70. The van der Waals surface area contributed by atoms with Crippen molar-refractivity contribution in [3.05, 3.63) is 60.5 Å². The first-order chi connectivity index (χ1) is 10.6. The van der Waals surface area contributed by atoms with E-state index in [2.05, 4.69) is 14.9 Å².